The molecule has 0 fully saturated rings. The van der Waals surface area contributed by atoms with Gasteiger partial charge in [-0.15, -0.1) is 0 Å². The number of carbonyl (C=O) groups is 1. The van der Waals surface area contributed by atoms with Crippen LogP contribution in [0, 0.1) is 0 Å². The molecule has 0 saturated carbocycles. The van der Waals surface area contributed by atoms with E-state index in [2.05, 4.69) is 10.3 Å². The van der Waals surface area contributed by atoms with Crippen molar-refractivity contribution in [1.29, 1.82) is 0 Å². The lowest BCUT2D eigenvalue weighted by Gasteiger charge is -2.04. The number of nitrogens with one attached hydrogen (secondary N) is 1. The molecule has 102 valence electrons. The van der Waals surface area contributed by atoms with Crippen molar-refractivity contribution in [2.75, 3.05) is 5.32 Å². The maximum Gasteiger partial charge on any atom is 0.325 e. The number of aliphatic carboxylic acids is 1. The molecule has 0 amide bonds. The van der Waals surface area contributed by atoms with E-state index in [9.17, 15) is 4.79 Å². The van der Waals surface area contributed by atoms with Gasteiger partial charge in [-0.3, -0.25) is 4.79 Å². The van der Waals surface area contributed by atoms with Crippen molar-refractivity contribution < 1.29 is 14.3 Å². The zero-order chi connectivity index (χ0) is 14.3. The van der Waals surface area contributed by atoms with Gasteiger partial charge in [0, 0.05) is 5.02 Å². The summed E-state index contributed by atoms with van der Waals surface area (Å²) in [5, 5.41) is 14.1. The van der Waals surface area contributed by atoms with E-state index < -0.39 is 12.0 Å². The first kappa shape index (κ1) is 12.7. The number of anilines is 1. The Morgan fingerprint density at radius 2 is 2.15 bits per heavy atom. The van der Waals surface area contributed by atoms with Crippen molar-refractivity contribution in [2.45, 2.75) is 13.0 Å². The second-order valence-electron chi connectivity index (χ2n) is 4.53. The number of rotatable bonds is 3. The highest BCUT2D eigenvalue weighted by Crippen LogP contribution is 2.27. The molecule has 0 aliphatic carbocycles. The molecule has 20 heavy (non-hydrogen) atoms. The number of aromatic nitrogens is 1. The molecule has 0 spiro atoms. The van der Waals surface area contributed by atoms with Crippen LogP contribution < -0.4 is 5.32 Å². The highest BCUT2D eigenvalue weighted by Gasteiger charge is 2.14. The van der Waals surface area contributed by atoms with E-state index in [0.29, 0.717) is 16.1 Å². The van der Waals surface area contributed by atoms with Crippen LogP contribution in [0.25, 0.3) is 21.9 Å². The minimum absolute atomic E-state index is 0.191. The monoisotopic (exact) mass is 290 g/mol. The highest BCUT2D eigenvalue weighted by molar-refractivity contribution is 6.31. The fourth-order valence-corrected chi connectivity index (χ4v) is 2.13. The SMILES string of the molecule is C[C@@H](Nc1nc2cc3cc(Cl)ccc3cc2o1)C(=O)O. The molecular weight excluding hydrogens is 280 g/mol. The second-order valence-corrected chi connectivity index (χ2v) is 4.97. The Bertz CT molecular complexity index is 813. The normalized spacial score (nSPS) is 12.7. The smallest absolute Gasteiger partial charge is 0.325 e. The van der Waals surface area contributed by atoms with Gasteiger partial charge >= 0.3 is 5.97 Å². The van der Waals surface area contributed by atoms with Gasteiger partial charge in [-0.2, -0.15) is 4.98 Å². The van der Waals surface area contributed by atoms with Gasteiger partial charge < -0.3 is 14.8 Å². The van der Waals surface area contributed by atoms with E-state index in [1.54, 1.807) is 6.07 Å². The molecule has 0 aliphatic rings. The van der Waals surface area contributed by atoms with Gasteiger partial charge in [-0.25, -0.2) is 0 Å². The van der Waals surface area contributed by atoms with Gasteiger partial charge in [-0.1, -0.05) is 17.7 Å². The standard InChI is InChI=1S/C14H11ClN2O3/c1-7(13(18)19)16-14-17-11-5-9-4-10(15)3-2-8(9)6-12(11)20-14/h2-7H,1H3,(H,16,17)(H,18,19)/t7-/m1/s1. The van der Waals surface area contributed by atoms with Crippen molar-refractivity contribution in [1.82, 2.24) is 4.98 Å². The third-order valence-corrected chi connectivity index (χ3v) is 3.25. The summed E-state index contributed by atoms with van der Waals surface area (Å²) >= 11 is 5.96. The summed E-state index contributed by atoms with van der Waals surface area (Å²) in [6.45, 7) is 1.52. The quantitative estimate of drug-likeness (QED) is 0.772. The van der Waals surface area contributed by atoms with Crippen LogP contribution in [0.1, 0.15) is 6.92 Å². The Kier molecular flexibility index (Phi) is 2.99. The maximum absolute atomic E-state index is 10.8. The summed E-state index contributed by atoms with van der Waals surface area (Å²) in [4.78, 5) is 15.0. The third-order valence-electron chi connectivity index (χ3n) is 3.02. The molecular formula is C14H11ClN2O3. The zero-order valence-electron chi connectivity index (χ0n) is 10.6. The fraction of sp³-hybridized carbons (Fsp3) is 0.143. The molecule has 1 heterocycles. The lowest BCUT2D eigenvalue weighted by atomic mass is 10.1. The van der Waals surface area contributed by atoms with Crippen LogP contribution >= 0.6 is 11.6 Å². The van der Waals surface area contributed by atoms with Gasteiger partial charge in [0.15, 0.2) is 5.58 Å². The average molecular weight is 291 g/mol. The lowest BCUT2D eigenvalue weighted by Crippen LogP contribution is -2.25. The zero-order valence-corrected chi connectivity index (χ0v) is 11.3. The summed E-state index contributed by atoms with van der Waals surface area (Å²) in [7, 11) is 0. The van der Waals surface area contributed by atoms with Crippen molar-refractivity contribution in [3.05, 3.63) is 35.4 Å². The summed E-state index contributed by atoms with van der Waals surface area (Å²) in [5.74, 6) is -0.968. The van der Waals surface area contributed by atoms with Gasteiger partial charge in [0.1, 0.15) is 11.6 Å². The molecule has 0 bridgehead atoms. The summed E-state index contributed by atoms with van der Waals surface area (Å²) in [5.41, 5.74) is 1.25. The molecule has 0 saturated heterocycles. The highest BCUT2D eigenvalue weighted by atomic mass is 35.5. The molecule has 0 unspecified atom stereocenters. The summed E-state index contributed by atoms with van der Waals surface area (Å²) in [6, 6.07) is 8.67. The number of hydrogen-bond donors (Lipinski definition) is 2. The van der Waals surface area contributed by atoms with Gasteiger partial charge in [-0.05, 0) is 42.0 Å². The van der Waals surface area contributed by atoms with E-state index in [4.69, 9.17) is 21.1 Å². The molecule has 0 aliphatic heterocycles. The molecule has 2 aromatic carbocycles. The summed E-state index contributed by atoms with van der Waals surface area (Å²) < 4.78 is 5.51. The minimum atomic E-state index is -0.968. The van der Waals surface area contributed by atoms with Crippen LogP contribution in [0.2, 0.25) is 5.02 Å². The van der Waals surface area contributed by atoms with E-state index >= 15 is 0 Å². The number of benzene rings is 2. The molecule has 1 atom stereocenters. The molecule has 1 aromatic heterocycles. The molecule has 5 nitrogen and oxygen atoms in total. The molecule has 6 heteroatoms. The van der Waals surface area contributed by atoms with Crippen molar-refractivity contribution in [2.24, 2.45) is 0 Å². The van der Waals surface area contributed by atoms with Crippen LogP contribution in [0.15, 0.2) is 34.7 Å². The minimum Gasteiger partial charge on any atom is -0.480 e. The number of fused-ring (bicyclic) bond motifs is 2. The van der Waals surface area contributed by atoms with Gasteiger partial charge in [0.2, 0.25) is 0 Å². The van der Waals surface area contributed by atoms with Gasteiger partial charge in [0.25, 0.3) is 6.01 Å². The van der Waals surface area contributed by atoms with Crippen molar-refractivity contribution in [3.63, 3.8) is 0 Å². The molecule has 2 N–H and O–H groups in total. The number of nitrogens with zero attached hydrogens (tertiary/aromatic N) is 1. The number of oxazole rings is 1. The molecule has 3 aromatic rings. The third kappa shape index (κ3) is 2.28. The number of hydrogen-bond acceptors (Lipinski definition) is 4. The Hall–Kier alpha value is -2.27. The van der Waals surface area contributed by atoms with Crippen LogP contribution in [-0.4, -0.2) is 22.1 Å². The largest absolute Gasteiger partial charge is 0.480 e. The number of halogens is 1. The fourth-order valence-electron chi connectivity index (χ4n) is 1.95. The lowest BCUT2D eigenvalue weighted by molar-refractivity contribution is -0.137. The average Bonchev–Trinajstić information content (AvgIpc) is 2.76. The van der Waals surface area contributed by atoms with Crippen LogP contribution in [0.5, 0.6) is 0 Å². The molecule has 3 rings (SSSR count). The first-order valence-electron chi connectivity index (χ1n) is 6.02. The number of carboxylic acid groups (broad SMARTS) is 1. The topological polar surface area (TPSA) is 75.4 Å². The Balaban J connectivity index is 2.06. The predicted molar refractivity (Wildman–Crippen MR) is 77.2 cm³/mol. The first-order chi connectivity index (χ1) is 9.52. The maximum atomic E-state index is 10.8. The predicted octanol–water partition coefficient (Wildman–Crippen LogP) is 3.52. The molecule has 0 radical (unpaired) electrons. The van der Waals surface area contributed by atoms with E-state index in [-0.39, 0.29) is 6.01 Å². The van der Waals surface area contributed by atoms with Crippen LogP contribution in [0.3, 0.4) is 0 Å². The van der Waals surface area contributed by atoms with Crippen LogP contribution in [-0.2, 0) is 4.79 Å². The Morgan fingerprint density at radius 3 is 2.90 bits per heavy atom. The Morgan fingerprint density at radius 1 is 1.35 bits per heavy atom. The second kappa shape index (κ2) is 4.68. The van der Waals surface area contributed by atoms with Crippen molar-refractivity contribution in [3.8, 4) is 0 Å². The first-order valence-corrected chi connectivity index (χ1v) is 6.40. The van der Waals surface area contributed by atoms with E-state index in [0.717, 1.165) is 10.8 Å². The van der Waals surface area contributed by atoms with Crippen molar-refractivity contribution >= 4 is 45.5 Å². The number of carboxylic acids is 1. The van der Waals surface area contributed by atoms with E-state index in [1.165, 1.54) is 6.92 Å². The Labute approximate surface area is 119 Å². The van der Waals surface area contributed by atoms with Crippen LogP contribution in [0.4, 0.5) is 6.01 Å². The van der Waals surface area contributed by atoms with E-state index in [1.807, 2.05) is 24.3 Å². The van der Waals surface area contributed by atoms with Gasteiger partial charge in [0.05, 0.1) is 0 Å². The summed E-state index contributed by atoms with van der Waals surface area (Å²) in [6.07, 6.45) is 0.